The van der Waals surface area contributed by atoms with Gasteiger partial charge in [0.25, 0.3) is 0 Å². The number of carbonyl (C=O) groups excluding carboxylic acids is 1. The predicted molar refractivity (Wildman–Crippen MR) is 51.0 cm³/mol. The van der Waals surface area contributed by atoms with E-state index in [9.17, 15) is 4.79 Å². The summed E-state index contributed by atoms with van der Waals surface area (Å²) >= 11 is 0. The number of rotatable bonds is 0. The number of amides is 1. The molecule has 4 aliphatic rings. The topological polar surface area (TPSA) is 32.8 Å². The van der Waals surface area contributed by atoms with Crippen LogP contribution in [-0.4, -0.2) is 54.7 Å². The first-order valence-electron chi connectivity index (χ1n) is 5.36. The summed E-state index contributed by atoms with van der Waals surface area (Å²) in [5.74, 6) is 0.599. The highest BCUT2D eigenvalue weighted by Crippen LogP contribution is 2.41. The van der Waals surface area contributed by atoms with Gasteiger partial charge in [-0.25, -0.2) is 4.79 Å². The van der Waals surface area contributed by atoms with Crippen molar-refractivity contribution in [2.45, 2.75) is 18.4 Å². The molecule has 14 heavy (non-hydrogen) atoms. The maximum atomic E-state index is 11.4. The lowest BCUT2D eigenvalue weighted by molar-refractivity contribution is -0.0890. The van der Waals surface area contributed by atoms with Crippen molar-refractivity contribution < 1.29 is 9.53 Å². The van der Waals surface area contributed by atoms with Crippen molar-refractivity contribution >= 4 is 6.09 Å². The number of nitrogens with zero attached hydrogens (tertiary/aromatic N) is 2. The summed E-state index contributed by atoms with van der Waals surface area (Å²) in [6.45, 7) is 4.11. The summed E-state index contributed by atoms with van der Waals surface area (Å²) in [5.41, 5.74) is -0.164. The predicted octanol–water partition coefficient (Wildman–Crippen LogP) is 0.533. The number of carbonyl (C=O) groups is 1. The summed E-state index contributed by atoms with van der Waals surface area (Å²) in [4.78, 5) is 15.5. The van der Waals surface area contributed by atoms with Crippen LogP contribution in [-0.2, 0) is 4.74 Å². The van der Waals surface area contributed by atoms with Gasteiger partial charge in [0.15, 0.2) is 0 Å². The molecule has 4 heteroatoms. The SMILES string of the molecule is CN1C[C@]2(CN3CCC2CC3)OC1=O. The van der Waals surface area contributed by atoms with E-state index in [1.807, 2.05) is 7.05 Å². The van der Waals surface area contributed by atoms with Crippen molar-refractivity contribution in [1.29, 1.82) is 0 Å². The van der Waals surface area contributed by atoms with E-state index in [0.717, 1.165) is 13.1 Å². The summed E-state index contributed by atoms with van der Waals surface area (Å²) < 4.78 is 5.58. The number of piperidine rings is 3. The van der Waals surface area contributed by atoms with Gasteiger partial charge in [0.05, 0.1) is 6.54 Å². The fourth-order valence-corrected chi connectivity index (χ4v) is 3.17. The van der Waals surface area contributed by atoms with E-state index < -0.39 is 0 Å². The smallest absolute Gasteiger partial charge is 0.410 e. The fourth-order valence-electron chi connectivity index (χ4n) is 3.17. The van der Waals surface area contributed by atoms with E-state index in [1.165, 1.54) is 25.9 Å². The van der Waals surface area contributed by atoms with Gasteiger partial charge in [0, 0.05) is 19.5 Å². The summed E-state index contributed by atoms with van der Waals surface area (Å²) in [6, 6.07) is 0. The molecule has 4 fully saturated rings. The molecule has 4 nitrogen and oxygen atoms in total. The molecular weight excluding hydrogens is 180 g/mol. The maximum absolute atomic E-state index is 11.4. The van der Waals surface area contributed by atoms with Crippen molar-refractivity contribution in [3.63, 3.8) is 0 Å². The molecule has 4 rings (SSSR count). The van der Waals surface area contributed by atoms with E-state index >= 15 is 0 Å². The number of likely N-dealkylation sites (N-methyl/N-ethyl adjacent to an activating group) is 1. The van der Waals surface area contributed by atoms with Crippen LogP contribution in [0.2, 0.25) is 0 Å². The number of hydrogen-bond donors (Lipinski definition) is 0. The van der Waals surface area contributed by atoms with E-state index in [-0.39, 0.29) is 11.7 Å². The van der Waals surface area contributed by atoms with Gasteiger partial charge >= 0.3 is 6.09 Å². The summed E-state index contributed by atoms with van der Waals surface area (Å²) in [6.07, 6.45) is 2.25. The normalized spacial score (nSPS) is 46.1. The third-order valence-electron chi connectivity index (χ3n) is 3.93. The Kier molecular flexibility index (Phi) is 1.60. The molecule has 0 saturated carbocycles. The van der Waals surface area contributed by atoms with Crippen molar-refractivity contribution in [1.82, 2.24) is 9.80 Å². The Hall–Kier alpha value is -0.770. The molecule has 0 unspecified atom stereocenters. The molecule has 0 N–H and O–H groups in total. The molecule has 0 aliphatic carbocycles. The van der Waals surface area contributed by atoms with Crippen LogP contribution in [0, 0.1) is 5.92 Å². The number of ether oxygens (including phenoxy) is 1. The quantitative estimate of drug-likeness (QED) is 0.566. The summed E-state index contributed by atoms with van der Waals surface area (Å²) in [7, 11) is 1.83. The highest BCUT2D eigenvalue weighted by molar-refractivity contribution is 5.70. The van der Waals surface area contributed by atoms with Crippen LogP contribution in [0.3, 0.4) is 0 Å². The van der Waals surface area contributed by atoms with Gasteiger partial charge in [-0.2, -0.15) is 0 Å². The van der Waals surface area contributed by atoms with Crippen LogP contribution in [0.25, 0.3) is 0 Å². The van der Waals surface area contributed by atoms with E-state index in [2.05, 4.69) is 4.90 Å². The Morgan fingerprint density at radius 2 is 2.07 bits per heavy atom. The molecule has 2 bridgehead atoms. The Labute approximate surface area is 83.8 Å². The average Bonchev–Trinajstić information content (AvgIpc) is 2.43. The fraction of sp³-hybridized carbons (Fsp3) is 0.900. The van der Waals surface area contributed by atoms with Crippen molar-refractivity contribution in [2.75, 3.05) is 33.2 Å². The minimum Gasteiger partial charge on any atom is -0.439 e. The zero-order valence-corrected chi connectivity index (χ0v) is 8.53. The van der Waals surface area contributed by atoms with Crippen LogP contribution in [0.1, 0.15) is 12.8 Å². The van der Waals surface area contributed by atoms with E-state index in [0.29, 0.717) is 5.92 Å². The molecule has 4 heterocycles. The maximum Gasteiger partial charge on any atom is 0.410 e. The van der Waals surface area contributed by atoms with Gasteiger partial charge in [-0.3, -0.25) is 4.90 Å². The molecule has 78 valence electrons. The minimum absolute atomic E-state index is 0.140. The van der Waals surface area contributed by atoms with Crippen molar-refractivity contribution in [3.8, 4) is 0 Å². The van der Waals surface area contributed by atoms with Crippen LogP contribution in [0.4, 0.5) is 4.79 Å². The van der Waals surface area contributed by atoms with Gasteiger partial charge in [-0.15, -0.1) is 0 Å². The van der Waals surface area contributed by atoms with Crippen LogP contribution >= 0.6 is 0 Å². The number of hydrogen-bond acceptors (Lipinski definition) is 3. The standard InChI is InChI=1S/C10H16N2O2/c1-11-6-10(14-9(11)13)7-12-4-2-8(10)3-5-12/h8H,2-7H2,1H3/t10-/m1/s1. The zero-order chi connectivity index (χ0) is 9.76. The second kappa shape index (κ2) is 2.63. The van der Waals surface area contributed by atoms with E-state index in [4.69, 9.17) is 4.74 Å². The average molecular weight is 196 g/mol. The molecule has 1 amide bonds. The third kappa shape index (κ3) is 1.00. The van der Waals surface area contributed by atoms with Gasteiger partial charge in [0.2, 0.25) is 0 Å². The van der Waals surface area contributed by atoms with Crippen LogP contribution < -0.4 is 0 Å². The first-order valence-corrected chi connectivity index (χ1v) is 5.36. The van der Waals surface area contributed by atoms with E-state index in [1.54, 1.807) is 4.90 Å². The second-order valence-electron chi connectivity index (χ2n) is 4.84. The lowest BCUT2D eigenvalue weighted by Gasteiger charge is -2.49. The van der Waals surface area contributed by atoms with Gasteiger partial charge in [-0.05, 0) is 25.9 Å². The van der Waals surface area contributed by atoms with Gasteiger partial charge < -0.3 is 9.64 Å². The minimum atomic E-state index is -0.164. The Morgan fingerprint density at radius 1 is 1.36 bits per heavy atom. The van der Waals surface area contributed by atoms with Gasteiger partial charge in [0.1, 0.15) is 5.60 Å². The Bertz CT molecular complexity index is 273. The molecule has 0 aromatic carbocycles. The van der Waals surface area contributed by atoms with Crippen LogP contribution in [0.15, 0.2) is 0 Å². The monoisotopic (exact) mass is 196 g/mol. The highest BCUT2D eigenvalue weighted by atomic mass is 16.6. The second-order valence-corrected chi connectivity index (χ2v) is 4.84. The molecular formula is C10H16N2O2. The third-order valence-corrected chi connectivity index (χ3v) is 3.93. The molecule has 1 atom stereocenters. The van der Waals surface area contributed by atoms with Crippen molar-refractivity contribution in [2.24, 2.45) is 5.92 Å². The lowest BCUT2D eigenvalue weighted by atomic mass is 9.75. The molecule has 0 aromatic rings. The Balaban J connectivity index is 1.87. The first kappa shape index (κ1) is 8.53. The molecule has 0 aromatic heterocycles. The summed E-state index contributed by atoms with van der Waals surface area (Å²) in [5, 5.41) is 0. The largest absolute Gasteiger partial charge is 0.439 e. The molecule has 1 spiro atoms. The lowest BCUT2D eigenvalue weighted by Crippen LogP contribution is -2.60. The van der Waals surface area contributed by atoms with Crippen LogP contribution in [0.5, 0.6) is 0 Å². The number of fused-ring (bicyclic) bond motifs is 2. The van der Waals surface area contributed by atoms with Crippen molar-refractivity contribution in [3.05, 3.63) is 0 Å². The van der Waals surface area contributed by atoms with Gasteiger partial charge in [-0.1, -0.05) is 0 Å². The Morgan fingerprint density at radius 3 is 2.50 bits per heavy atom. The zero-order valence-electron chi connectivity index (χ0n) is 8.53. The molecule has 4 aliphatic heterocycles. The molecule has 0 radical (unpaired) electrons. The molecule has 4 saturated heterocycles. The first-order chi connectivity index (χ1) is 6.70. The highest BCUT2D eigenvalue weighted by Gasteiger charge is 2.54.